The van der Waals surface area contributed by atoms with Crippen LogP contribution in [0.4, 0.5) is 23.5 Å². The number of fused-ring (bicyclic) bond motifs is 4. The average Bonchev–Trinajstić information content (AvgIpc) is 2.86. The molecule has 1 aromatic carbocycles. The molecule has 6 rings (SSSR count). The number of rotatable bonds is 4. The van der Waals surface area contributed by atoms with Gasteiger partial charge in [-0.25, -0.2) is 0 Å². The van der Waals surface area contributed by atoms with Crippen molar-refractivity contribution in [2.75, 3.05) is 41.3 Å². The molecule has 176 valence electrons. The molecule has 0 unspecified atom stereocenters. The SMILES string of the molecule is O=c1cccc2n1C[C@H]1C[C@H]2CN(c2nc(Nc3ccc(Cl)cc3)nc(N3CCCCC3)n2)C1. The third kappa shape index (κ3) is 4.22. The van der Waals surface area contributed by atoms with Crippen molar-refractivity contribution in [2.24, 2.45) is 5.92 Å². The normalized spacial score (nSPS) is 21.8. The highest BCUT2D eigenvalue weighted by Crippen LogP contribution is 2.36. The third-order valence-corrected chi connectivity index (χ3v) is 7.37. The number of halogens is 1. The fourth-order valence-electron chi connectivity index (χ4n) is 5.51. The Morgan fingerprint density at radius 1 is 0.853 bits per heavy atom. The summed E-state index contributed by atoms with van der Waals surface area (Å²) in [6.07, 6.45) is 4.65. The highest BCUT2D eigenvalue weighted by molar-refractivity contribution is 6.30. The monoisotopic (exact) mass is 477 g/mol. The maximum absolute atomic E-state index is 12.4. The maximum Gasteiger partial charge on any atom is 0.250 e. The van der Waals surface area contributed by atoms with E-state index in [0.29, 0.717) is 28.8 Å². The summed E-state index contributed by atoms with van der Waals surface area (Å²) >= 11 is 6.06. The lowest BCUT2D eigenvalue weighted by molar-refractivity contribution is 0.279. The Bertz CT molecular complexity index is 1240. The minimum atomic E-state index is 0.0997. The van der Waals surface area contributed by atoms with E-state index in [1.807, 2.05) is 34.9 Å². The Morgan fingerprint density at radius 3 is 2.41 bits per heavy atom. The molecule has 0 spiro atoms. The minimum Gasteiger partial charge on any atom is -0.341 e. The first kappa shape index (κ1) is 21.4. The van der Waals surface area contributed by atoms with E-state index in [0.717, 1.165) is 69.3 Å². The van der Waals surface area contributed by atoms with Crippen LogP contribution in [0.3, 0.4) is 0 Å². The summed E-state index contributed by atoms with van der Waals surface area (Å²) in [7, 11) is 0. The number of hydrogen-bond donors (Lipinski definition) is 1. The number of nitrogens with zero attached hydrogens (tertiary/aromatic N) is 6. The molecule has 2 aromatic heterocycles. The van der Waals surface area contributed by atoms with Crippen LogP contribution in [0.1, 0.15) is 37.3 Å². The van der Waals surface area contributed by atoms with E-state index in [2.05, 4.69) is 21.2 Å². The Balaban J connectivity index is 1.33. The van der Waals surface area contributed by atoms with Gasteiger partial charge in [0.05, 0.1) is 0 Å². The molecule has 2 bridgehead atoms. The van der Waals surface area contributed by atoms with Gasteiger partial charge in [-0.1, -0.05) is 17.7 Å². The Labute approximate surface area is 203 Å². The van der Waals surface area contributed by atoms with E-state index in [1.54, 1.807) is 6.07 Å². The molecule has 0 saturated carbocycles. The number of pyridine rings is 1. The average molecular weight is 478 g/mol. The summed E-state index contributed by atoms with van der Waals surface area (Å²) in [5.74, 6) is 2.67. The zero-order valence-corrected chi connectivity index (χ0v) is 19.8. The summed E-state index contributed by atoms with van der Waals surface area (Å²) in [6, 6.07) is 13.2. The highest BCUT2D eigenvalue weighted by Gasteiger charge is 2.36. The fourth-order valence-corrected chi connectivity index (χ4v) is 5.63. The first-order valence-electron chi connectivity index (χ1n) is 12.1. The second kappa shape index (κ2) is 8.91. The van der Waals surface area contributed by atoms with Crippen molar-refractivity contribution in [2.45, 2.75) is 38.1 Å². The van der Waals surface area contributed by atoms with Crippen molar-refractivity contribution in [1.82, 2.24) is 19.5 Å². The molecule has 2 atom stereocenters. The predicted octanol–water partition coefficient (Wildman–Crippen LogP) is 4.04. The van der Waals surface area contributed by atoms with Gasteiger partial charge in [-0.15, -0.1) is 0 Å². The van der Waals surface area contributed by atoms with Crippen LogP contribution in [-0.4, -0.2) is 45.7 Å². The number of benzene rings is 1. The van der Waals surface area contributed by atoms with Crippen LogP contribution in [0.15, 0.2) is 47.3 Å². The van der Waals surface area contributed by atoms with Crippen LogP contribution in [0.5, 0.6) is 0 Å². The molecule has 1 N–H and O–H groups in total. The van der Waals surface area contributed by atoms with Crippen molar-refractivity contribution in [3.63, 3.8) is 0 Å². The Hall–Kier alpha value is -3.13. The van der Waals surface area contributed by atoms with E-state index in [-0.39, 0.29) is 5.56 Å². The van der Waals surface area contributed by atoms with Crippen molar-refractivity contribution in [3.05, 3.63) is 63.5 Å². The standard InChI is InChI=1S/C25H28ClN7O/c26-19-7-9-20(10-8-19)27-23-28-24(31-11-2-1-3-12-31)30-25(29-23)32-14-17-13-18(16-32)21-5-4-6-22(34)33(21)15-17/h4-10,17-18H,1-3,11-16H2,(H,27,28,29,30)/t17-,18-/m0/s1. The summed E-state index contributed by atoms with van der Waals surface area (Å²) in [5, 5.41) is 4.03. The zero-order chi connectivity index (χ0) is 23.1. The van der Waals surface area contributed by atoms with Crippen molar-refractivity contribution < 1.29 is 0 Å². The van der Waals surface area contributed by atoms with Gasteiger partial charge >= 0.3 is 0 Å². The zero-order valence-electron chi connectivity index (χ0n) is 19.0. The molecule has 5 heterocycles. The van der Waals surface area contributed by atoms with Crippen LogP contribution in [-0.2, 0) is 6.54 Å². The summed E-state index contributed by atoms with van der Waals surface area (Å²) in [5.41, 5.74) is 2.11. The maximum atomic E-state index is 12.4. The van der Waals surface area contributed by atoms with Crippen molar-refractivity contribution in [3.8, 4) is 0 Å². The van der Waals surface area contributed by atoms with Crippen LogP contribution in [0.25, 0.3) is 0 Å². The second-order valence-electron chi connectivity index (χ2n) is 9.54. The summed E-state index contributed by atoms with van der Waals surface area (Å²) < 4.78 is 1.95. The van der Waals surface area contributed by atoms with E-state index in [4.69, 9.17) is 26.6 Å². The van der Waals surface area contributed by atoms with Crippen LogP contribution in [0.2, 0.25) is 5.02 Å². The van der Waals surface area contributed by atoms with E-state index in [1.165, 1.54) is 6.42 Å². The van der Waals surface area contributed by atoms with Gasteiger partial charge in [0.2, 0.25) is 17.8 Å². The van der Waals surface area contributed by atoms with Gasteiger partial charge in [0, 0.05) is 61.1 Å². The van der Waals surface area contributed by atoms with Gasteiger partial charge in [-0.05, 0) is 61.9 Å². The lowest BCUT2D eigenvalue weighted by Crippen LogP contribution is -2.47. The number of anilines is 4. The lowest BCUT2D eigenvalue weighted by Gasteiger charge is -2.42. The summed E-state index contributed by atoms with van der Waals surface area (Å²) in [6.45, 7) is 4.31. The van der Waals surface area contributed by atoms with Crippen LogP contribution >= 0.6 is 11.6 Å². The predicted molar refractivity (Wildman–Crippen MR) is 134 cm³/mol. The highest BCUT2D eigenvalue weighted by atomic mass is 35.5. The first-order valence-corrected chi connectivity index (χ1v) is 12.5. The van der Waals surface area contributed by atoms with Gasteiger partial charge in [-0.2, -0.15) is 15.0 Å². The van der Waals surface area contributed by atoms with Crippen LogP contribution in [0, 0.1) is 5.92 Å². The molecule has 0 radical (unpaired) electrons. The minimum absolute atomic E-state index is 0.0997. The van der Waals surface area contributed by atoms with Gasteiger partial charge in [-0.3, -0.25) is 4.79 Å². The molecule has 0 amide bonds. The summed E-state index contributed by atoms with van der Waals surface area (Å²) in [4.78, 5) is 31.5. The van der Waals surface area contributed by atoms with Gasteiger partial charge in [0.15, 0.2) is 0 Å². The Morgan fingerprint density at radius 2 is 1.62 bits per heavy atom. The number of aromatic nitrogens is 4. The third-order valence-electron chi connectivity index (χ3n) is 7.11. The lowest BCUT2D eigenvalue weighted by atomic mass is 9.83. The van der Waals surface area contributed by atoms with Crippen molar-refractivity contribution in [1.29, 1.82) is 0 Å². The molecule has 9 heteroatoms. The smallest absolute Gasteiger partial charge is 0.250 e. The number of hydrogen-bond acceptors (Lipinski definition) is 7. The van der Waals surface area contributed by atoms with E-state index >= 15 is 0 Å². The molecular weight excluding hydrogens is 450 g/mol. The van der Waals surface area contributed by atoms with Gasteiger partial charge < -0.3 is 19.7 Å². The van der Waals surface area contributed by atoms with Gasteiger partial charge in [0.1, 0.15) is 0 Å². The molecule has 3 aromatic rings. The first-order chi connectivity index (χ1) is 16.6. The molecular formula is C25H28ClN7O. The van der Waals surface area contributed by atoms with Gasteiger partial charge in [0.25, 0.3) is 5.56 Å². The molecule has 8 nitrogen and oxygen atoms in total. The van der Waals surface area contributed by atoms with Crippen molar-refractivity contribution >= 4 is 35.1 Å². The van der Waals surface area contributed by atoms with E-state index < -0.39 is 0 Å². The molecule has 2 saturated heterocycles. The fraction of sp³-hybridized carbons (Fsp3) is 0.440. The number of piperidine rings is 2. The topological polar surface area (TPSA) is 79.2 Å². The van der Waals surface area contributed by atoms with Crippen LogP contribution < -0.4 is 20.7 Å². The molecule has 0 aliphatic carbocycles. The van der Waals surface area contributed by atoms with E-state index in [9.17, 15) is 4.79 Å². The Kier molecular flexibility index (Phi) is 5.61. The molecule has 2 fully saturated rings. The molecule has 3 aliphatic rings. The largest absolute Gasteiger partial charge is 0.341 e. The molecule has 34 heavy (non-hydrogen) atoms. The number of nitrogens with one attached hydrogen (secondary N) is 1. The quantitative estimate of drug-likeness (QED) is 0.607. The molecule has 3 aliphatic heterocycles. The second-order valence-corrected chi connectivity index (χ2v) is 9.98.